The number of benzene rings is 1. The predicted octanol–water partition coefficient (Wildman–Crippen LogP) is 4.46. The van der Waals surface area contributed by atoms with Gasteiger partial charge < -0.3 is 14.4 Å². The van der Waals surface area contributed by atoms with Gasteiger partial charge in [0.15, 0.2) is 5.76 Å². The number of pyridine rings is 1. The number of nitrogens with zero attached hydrogens (tertiary/aromatic N) is 4. The summed E-state index contributed by atoms with van der Waals surface area (Å²) in [4.78, 5) is 21.6. The lowest BCUT2D eigenvalue weighted by Crippen LogP contribution is -2.18. The molecule has 0 saturated heterocycles. The van der Waals surface area contributed by atoms with Crippen LogP contribution in [0.25, 0.3) is 34.0 Å². The first-order valence-corrected chi connectivity index (χ1v) is 11.4. The maximum atomic E-state index is 12.3. The van der Waals surface area contributed by atoms with Crippen LogP contribution in [0.5, 0.6) is 0 Å². The van der Waals surface area contributed by atoms with E-state index >= 15 is 0 Å². The van der Waals surface area contributed by atoms with E-state index in [1.807, 2.05) is 38.4 Å². The van der Waals surface area contributed by atoms with E-state index in [2.05, 4.69) is 27.6 Å². The summed E-state index contributed by atoms with van der Waals surface area (Å²) in [6, 6.07) is 13.5. The lowest BCUT2D eigenvalue weighted by Gasteiger charge is -2.09. The monoisotopic (exact) mass is 441 g/mol. The molecule has 33 heavy (non-hydrogen) atoms. The molecule has 168 valence electrons. The molecule has 3 heterocycles. The smallest absolute Gasteiger partial charge is 0.250 e. The van der Waals surface area contributed by atoms with Gasteiger partial charge in [0, 0.05) is 42.5 Å². The van der Waals surface area contributed by atoms with Gasteiger partial charge >= 0.3 is 0 Å². The molecule has 5 rings (SSSR count). The molecule has 0 radical (unpaired) electrons. The molecule has 1 aromatic carbocycles. The molecule has 0 unspecified atom stereocenters. The Hall–Kier alpha value is -3.58. The van der Waals surface area contributed by atoms with Crippen LogP contribution in [-0.4, -0.2) is 26.7 Å². The number of rotatable bonds is 8. The molecule has 1 fully saturated rings. The van der Waals surface area contributed by atoms with Crippen LogP contribution in [0.2, 0.25) is 0 Å². The third-order valence-corrected chi connectivity index (χ3v) is 6.08. The summed E-state index contributed by atoms with van der Waals surface area (Å²) in [6.45, 7) is 3.46. The Balaban J connectivity index is 1.42. The molecule has 7 nitrogen and oxygen atoms in total. The molecule has 1 aliphatic carbocycles. The van der Waals surface area contributed by atoms with Gasteiger partial charge in [-0.05, 0) is 37.9 Å². The molecule has 0 bridgehead atoms. The highest BCUT2D eigenvalue weighted by molar-refractivity contribution is 5.68. The van der Waals surface area contributed by atoms with Gasteiger partial charge in [0.1, 0.15) is 11.4 Å². The number of hydrogen-bond acceptors (Lipinski definition) is 6. The van der Waals surface area contributed by atoms with Crippen molar-refractivity contribution in [2.24, 2.45) is 5.92 Å². The molecule has 0 atom stereocenters. The number of aromatic nitrogens is 4. The van der Waals surface area contributed by atoms with Gasteiger partial charge in [-0.3, -0.25) is 9.78 Å². The summed E-state index contributed by atoms with van der Waals surface area (Å²) < 4.78 is 7.43. The average molecular weight is 442 g/mol. The summed E-state index contributed by atoms with van der Waals surface area (Å²) in [5.74, 6) is 1.34. The fourth-order valence-corrected chi connectivity index (χ4v) is 3.93. The summed E-state index contributed by atoms with van der Waals surface area (Å²) in [7, 11) is 1.93. The Bertz CT molecular complexity index is 1320. The van der Waals surface area contributed by atoms with E-state index in [0.717, 1.165) is 47.9 Å². The normalized spacial score (nSPS) is 13.4. The Morgan fingerprint density at radius 3 is 2.64 bits per heavy atom. The van der Waals surface area contributed by atoms with Crippen molar-refractivity contribution >= 4 is 0 Å². The summed E-state index contributed by atoms with van der Waals surface area (Å²) in [5.41, 5.74) is 5.92. The Morgan fingerprint density at radius 2 is 1.88 bits per heavy atom. The van der Waals surface area contributed by atoms with Crippen molar-refractivity contribution in [1.29, 1.82) is 0 Å². The molecule has 0 aliphatic heterocycles. The maximum absolute atomic E-state index is 12.3. The molecule has 4 aromatic rings. The van der Waals surface area contributed by atoms with Crippen LogP contribution in [0.3, 0.4) is 0 Å². The molecular formula is C26H27N5O2. The molecule has 1 saturated carbocycles. The molecule has 1 aliphatic rings. The minimum Gasteiger partial charge on any atom is -0.354 e. The fraction of sp³-hybridized carbons (Fsp3) is 0.308. The van der Waals surface area contributed by atoms with E-state index in [-0.39, 0.29) is 5.56 Å². The molecule has 7 heteroatoms. The van der Waals surface area contributed by atoms with Crippen molar-refractivity contribution in [2.45, 2.75) is 39.3 Å². The maximum Gasteiger partial charge on any atom is 0.250 e. The highest BCUT2D eigenvalue weighted by Gasteiger charge is 2.21. The topological polar surface area (TPSA) is 85.8 Å². The first kappa shape index (κ1) is 21.3. The number of hydrogen-bond donors (Lipinski definition) is 1. The van der Waals surface area contributed by atoms with Crippen LogP contribution in [-0.2, 0) is 13.1 Å². The van der Waals surface area contributed by atoms with Gasteiger partial charge in [0.2, 0.25) is 0 Å². The minimum atomic E-state index is 0.0142. The average Bonchev–Trinajstić information content (AvgIpc) is 3.54. The third-order valence-electron chi connectivity index (χ3n) is 6.08. The van der Waals surface area contributed by atoms with Crippen molar-refractivity contribution in [2.75, 3.05) is 7.05 Å². The van der Waals surface area contributed by atoms with Crippen LogP contribution < -0.4 is 10.9 Å². The molecule has 3 aromatic heterocycles. The van der Waals surface area contributed by atoms with Crippen LogP contribution >= 0.6 is 0 Å². The Morgan fingerprint density at radius 1 is 1.09 bits per heavy atom. The lowest BCUT2D eigenvalue weighted by molar-refractivity contribution is 0.433. The van der Waals surface area contributed by atoms with Gasteiger partial charge in [0.25, 0.3) is 5.56 Å². The van der Waals surface area contributed by atoms with Crippen LogP contribution in [0, 0.1) is 12.8 Å². The van der Waals surface area contributed by atoms with E-state index in [1.165, 1.54) is 18.4 Å². The van der Waals surface area contributed by atoms with Crippen molar-refractivity contribution < 1.29 is 4.52 Å². The minimum absolute atomic E-state index is 0.0142. The quantitative estimate of drug-likeness (QED) is 0.435. The van der Waals surface area contributed by atoms with Crippen LogP contribution in [0.4, 0.5) is 0 Å². The fourth-order valence-electron chi connectivity index (χ4n) is 3.93. The zero-order chi connectivity index (χ0) is 22.8. The number of nitrogens with one attached hydrogen (secondary N) is 1. The SMILES string of the molecule is CNCc1ccc(-c2cc(-c3nc(-c4ccc(=O)n(CCC5CC5)c4)cnc3C)on2)cc1. The van der Waals surface area contributed by atoms with Crippen molar-refractivity contribution in [3.8, 4) is 34.0 Å². The first-order chi connectivity index (χ1) is 16.1. The highest BCUT2D eigenvalue weighted by Crippen LogP contribution is 2.33. The lowest BCUT2D eigenvalue weighted by atomic mass is 10.1. The van der Waals surface area contributed by atoms with Gasteiger partial charge in [0.05, 0.1) is 17.6 Å². The van der Waals surface area contributed by atoms with E-state index in [9.17, 15) is 4.79 Å². The number of aryl methyl sites for hydroxylation is 2. The zero-order valence-corrected chi connectivity index (χ0v) is 18.9. The van der Waals surface area contributed by atoms with Gasteiger partial charge in [-0.15, -0.1) is 0 Å². The van der Waals surface area contributed by atoms with E-state index in [4.69, 9.17) is 9.51 Å². The van der Waals surface area contributed by atoms with E-state index in [1.54, 1.807) is 22.9 Å². The highest BCUT2D eigenvalue weighted by atomic mass is 16.5. The second-order valence-electron chi connectivity index (χ2n) is 8.67. The van der Waals surface area contributed by atoms with Crippen molar-refractivity contribution in [3.63, 3.8) is 0 Å². The third kappa shape index (κ3) is 4.78. The molecule has 0 spiro atoms. The van der Waals surface area contributed by atoms with Crippen molar-refractivity contribution in [1.82, 2.24) is 25.0 Å². The second-order valence-corrected chi connectivity index (χ2v) is 8.67. The van der Waals surface area contributed by atoms with Gasteiger partial charge in [-0.2, -0.15) is 0 Å². The van der Waals surface area contributed by atoms with Crippen molar-refractivity contribution in [3.05, 3.63) is 76.5 Å². The first-order valence-electron chi connectivity index (χ1n) is 11.4. The zero-order valence-electron chi connectivity index (χ0n) is 18.9. The summed E-state index contributed by atoms with van der Waals surface area (Å²) in [5, 5.41) is 7.40. The Labute approximate surface area is 192 Å². The Kier molecular flexibility index (Phi) is 5.88. The standard InChI is InChI=1S/C26H27N5O2/c1-17-26(24-13-22(30-33-24)20-7-5-19(6-8-20)14-27-2)29-23(15-28-17)21-9-10-25(32)31(16-21)12-11-18-3-4-18/h5-10,13,15-16,18,27H,3-4,11-12,14H2,1-2H3. The summed E-state index contributed by atoms with van der Waals surface area (Å²) in [6.07, 6.45) is 7.22. The van der Waals surface area contributed by atoms with Crippen LogP contribution in [0.1, 0.15) is 30.5 Å². The van der Waals surface area contributed by atoms with Gasteiger partial charge in [-0.1, -0.05) is 42.3 Å². The predicted molar refractivity (Wildman–Crippen MR) is 128 cm³/mol. The second kappa shape index (κ2) is 9.11. The molecule has 0 amide bonds. The molecular weight excluding hydrogens is 414 g/mol. The van der Waals surface area contributed by atoms with E-state index < -0.39 is 0 Å². The molecule has 1 N–H and O–H groups in total. The van der Waals surface area contributed by atoms with E-state index in [0.29, 0.717) is 17.1 Å². The largest absolute Gasteiger partial charge is 0.354 e. The van der Waals surface area contributed by atoms with Gasteiger partial charge in [-0.25, -0.2) is 4.98 Å². The summed E-state index contributed by atoms with van der Waals surface area (Å²) >= 11 is 0. The van der Waals surface area contributed by atoms with Crippen LogP contribution in [0.15, 0.2) is 64.2 Å².